The van der Waals surface area contributed by atoms with Crippen LogP contribution in [-0.4, -0.2) is 23.1 Å². The maximum absolute atomic E-state index is 13.0. The van der Waals surface area contributed by atoms with Gasteiger partial charge in [-0.05, 0) is 30.1 Å². The Morgan fingerprint density at radius 1 is 1.12 bits per heavy atom. The molecule has 2 N–H and O–H groups in total. The van der Waals surface area contributed by atoms with Crippen molar-refractivity contribution < 1.29 is 19.7 Å². The number of hydrogen-bond acceptors (Lipinski definition) is 4. The third-order valence-corrected chi connectivity index (χ3v) is 6.69. The van der Waals surface area contributed by atoms with Crippen molar-refractivity contribution >= 4 is 5.78 Å². The molecule has 138 valence electrons. The minimum absolute atomic E-state index is 0.0215. The Labute approximate surface area is 150 Å². The summed E-state index contributed by atoms with van der Waals surface area (Å²) in [5.74, 6) is 0.315. The van der Waals surface area contributed by atoms with Gasteiger partial charge in [-0.15, -0.1) is 0 Å². The van der Waals surface area contributed by atoms with Crippen LogP contribution in [0.15, 0.2) is 0 Å². The van der Waals surface area contributed by atoms with Crippen molar-refractivity contribution in [2.75, 3.05) is 7.11 Å². The highest BCUT2D eigenvalue weighted by molar-refractivity contribution is 6.04. The van der Waals surface area contributed by atoms with Crippen LogP contribution in [0.5, 0.6) is 17.2 Å². The number of phenols is 2. The molecule has 0 heterocycles. The van der Waals surface area contributed by atoms with Crippen LogP contribution >= 0.6 is 0 Å². The summed E-state index contributed by atoms with van der Waals surface area (Å²) in [4.78, 5) is 13.0. The van der Waals surface area contributed by atoms with Crippen LogP contribution in [0.25, 0.3) is 0 Å². The largest absolute Gasteiger partial charge is 0.507 e. The Morgan fingerprint density at radius 2 is 1.76 bits per heavy atom. The summed E-state index contributed by atoms with van der Waals surface area (Å²) in [6.45, 7) is 10.4. The number of carbonyl (C=O) groups excluding carboxylic acids is 1. The van der Waals surface area contributed by atoms with Gasteiger partial charge in [-0.1, -0.05) is 41.0 Å². The van der Waals surface area contributed by atoms with Crippen LogP contribution in [0, 0.1) is 11.3 Å². The summed E-state index contributed by atoms with van der Waals surface area (Å²) in [6, 6.07) is 0. The first-order chi connectivity index (χ1) is 11.6. The van der Waals surface area contributed by atoms with Crippen molar-refractivity contribution in [1.29, 1.82) is 0 Å². The van der Waals surface area contributed by atoms with Gasteiger partial charge in [0.15, 0.2) is 17.3 Å². The summed E-state index contributed by atoms with van der Waals surface area (Å²) >= 11 is 0. The van der Waals surface area contributed by atoms with E-state index in [1.165, 1.54) is 7.11 Å². The number of fused-ring (bicyclic) bond motifs is 3. The van der Waals surface area contributed by atoms with E-state index in [-0.39, 0.29) is 39.9 Å². The molecule has 3 rings (SSSR count). The van der Waals surface area contributed by atoms with Crippen LogP contribution in [0.4, 0.5) is 0 Å². The van der Waals surface area contributed by atoms with Crippen LogP contribution in [0.3, 0.4) is 0 Å². The first kappa shape index (κ1) is 18.1. The summed E-state index contributed by atoms with van der Waals surface area (Å²) in [6.07, 6.45) is 3.51. The lowest BCUT2D eigenvalue weighted by Crippen LogP contribution is -2.49. The molecule has 0 spiro atoms. The monoisotopic (exact) mass is 346 g/mol. The minimum atomic E-state index is -0.291. The van der Waals surface area contributed by atoms with Crippen LogP contribution in [0.1, 0.15) is 87.7 Å². The van der Waals surface area contributed by atoms with E-state index in [0.717, 1.165) is 19.3 Å². The molecule has 4 heteroatoms. The van der Waals surface area contributed by atoms with E-state index in [4.69, 9.17) is 4.74 Å². The highest BCUT2D eigenvalue weighted by atomic mass is 16.5. The zero-order valence-corrected chi connectivity index (χ0v) is 16.2. The van der Waals surface area contributed by atoms with Crippen molar-refractivity contribution in [3.63, 3.8) is 0 Å². The third kappa shape index (κ3) is 2.37. The predicted molar refractivity (Wildman–Crippen MR) is 97.8 cm³/mol. The zero-order valence-electron chi connectivity index (χ0n) is 16.2. The quantitative estimate of drug-likeness (QED) is 0.799. The lowest BCUT2D eigenvalue weighted by molar-refractivity contribution is 0.0350. The van der Waals surface area contributed by atoms with E-state index in [1.54, 1.807) is 0 Å². The predicted octanol–water partition coefficient (Wildman–Crippen LogP) is 4.90. The molecule has 0 saturated heterocycles. The molecule has 2 atom stereocenters. The number of rotatable bonds is 2. The maximum Gasteiger partial charge on any atom is 0.167 e. The van der Waals surface area contributed by atoms with Gasteiger partial charge in [-0.3, -0.25) is 4.79 Å². The van der Waals surface area contributed by atoms with Crippen molar-refractivity contribution in [1.82, 2.24) is 0 Å². The van der Waals surface area contributed by atoms with Gasteiger partial charge in [0.25, 0.3) is 0 Å². The fourth-order valence-corrected chi connectivity index (χ4v) is 5.49. The molecule has 0 aliphatic heterocycles. The smallest absolute Gasteiger partial charge is 0.167 e. The molecular formula is C21H30O4. The van der Waals surface area contributed by atoms with Gasteiger partial charge in [0, 0.05) is 23.0 Å². The van der Waals surface area contributed by atoms with E-state index in [2.05, 4.69) is 20.8 Å². The van der Waals surface area contributed by atoms with Gasteiger partial charge >= 0.3 is 0 Å². The standard InChI is InChI=1S/C21H30O4/c1-11(2)14-17(23)15-12(22)10-13-20(3,4)8-7-9-21(13,5)16(15)19(25-6)18(14)24/h11,13,23-24H,7-10H2,1-6H3/t13-,21-/m0/s1. The molecule has 0 aromatic heterocycles. The Balaban J connectivity index is 2.39. The Kier molecular flexibility index (Phi) is 4.09. The van der Waals surface area contributed by atoms with Crippen molar-refractivity contribution in [2.24, 2.45) is 11.3 Å². The number of Topliss-reactive ketones (excluding diaryl/α,β-unsaturated/α-hetero) is 1. The molecule has 0 unspecified atom stereocenters. The number of methoxy groups -OCH3 is 1. The van der Waals surface area contributed by atoms with Crippen molar-refractivity contribution in [3.05, 3.63) is 16.7 Å². The third-order valence-electron chi connectivity index (χ3n) is 6.69. The van der Waals surface area contributed by atoms with Crippen LogP contribution in [-0.2, 0) is 5.41 Å². The molecule has 1 saturated carbocycles. The number of hydrogen-bond donors (Lipinski definition) is 2. The lowest BCUT2D eigenvalue weighted by atomic mass is 9.50. The number of carbonyl (C=O) groups is 1. The second-order valence-corrected chi connectivity index (χ2v) is 8.99. The number of phenolic OH excluding ortho intramolecular Hbond substituents is 2. The minimum Gasteiger partial charge on any atom is -0.507 e. The maximum atomic E-state index is 13.0. The van der Waals surface area contributed by atoms with Gasteiger partial charge in [0.1, 0.15) is 5.75 Å². The number of ketones is 1. The molecule has 25 heavy (non-hydrogen) atoms. The van der Waals surface area contributed by atoms with E-state index in [9.17, 15) is 15.0 Å². The Bertz CT molecular complexity index is 732. The van der Waals surface area contributed by atoms with Crippen molar-refractivity contribution in [2.45, 2.75) is 71.6 Å². The number of benzene rings is 1. The normalized spacial score (nSPS) is 27.8. The summed E-state index contributed by atoms with van der Waals surface area (Å²) in [7, 11) is 1.53. The Morgan fingerprint density at radius 3 is 2.32 bits per heavy atom. The number of aromatic hydroxyl groups is 2. The van der Waals surface area contributed by atoms with Gasteiger partial charge in [0.2, 0.25) is 0 Å². The molecule has 0 bridgehead atoms. The van der Waals surface area contributed by atoms with Crippen LogP contribution < -0.4 is 4.74 Å². The van der Waals surface area contributed by atoms with Gasteiger partial charge in [-0.25, -0.2) is 0 Å². The molecule has 2 aliphatic carbocycles. The molecule has 4 nitrogen and oxygen atoms in total. The summed E-state index contributed by atoms with van der Waals surface area (Å²) in [5.41, 5.74) is 1.23. The molecule has 0 radical (unpaired) electrons. The van der Waals surface area contributed by atoms with Gasteiger partial charge in [0.05, 0.1) is 12.7 Å². The number of ether oxygens (including phenoxy) is 1. The van der Waals surface area contributed by atoms with Gasteiger partial charge in [-0.2, -0.15) is 0 Å². The highest BCUT2D eigenvalue weighted by Gasteiger charge is 2.54. The zero-order chi connectivity index (χ0) is 18.7. The Hall–Kier alpha value is -1.71. The van der Waals surface area contributed by atoms with E-state index in [1.807, 2.05) is 13.8 Å². The second kappa shape index (κ2) is 5.65. The first-order valence-electron chi connectivity index (χ1n) is 9.25. The summed E-state index contributed by atoms with van der Waals surface area (Å²) < 4.78 is 5.61. The van der Waals surface area contributed by atoms with Crippen LogP contribution in [0.2, 0.25) is 0 Å². The van der Waals surface area contributed by atoms with E-state index < -0.39 is 0 Å². The average molecular weight is 346 g/mol. The lowest BCUT2D eigenvalue weighted by Gasteiger charge is -2.54. The topological polar surface area (TPSA) is 66.8 Å². The molecule has 1 aromatic carbocycles. The van der Waals surface area contributed by atoms with Gasteiger partial charge < -0.3 is 14.9 Å². The fraction of sp³-hybridized carbons (Fsp3) is 0.667. The SMILES string of the molecule is COc1c(O)c(C(C)C)c(O)c2c1[C@@]1(C)CCCC(C)(C)[C@@H]1CC2=O. The van der Waals surface area contributed by atoms with Crippen molar-refractivity contribution in [3.8, 4) is 17.2 Å². The molecule has 2 aliphatic rings. The molecular weight excluding hydrogens is 316 g/mol. The first-order valence-corrected chi connectivity index (χ1v) is 9.25. The fourth-order valence-electron chi connectivity index (χ4n) is 5.49. The second-order valence-electron chi connectivity index (χ2n) is 8.99. The molecule has 1 aromatic rings. The summed E-state index contributed by atoms with van der Waals surface area (Å²) in [5, 5.41) is 21.7. The molecule has 0 amide bonds. The molecule has 1 fully saturated rings. The van der Waals surface area contributed by atoms with E-state index in [0.29, 0.717) is 28.9 Å². The highest BCUT2D eigenvalue weighted by Crippen LogP contribution is 2.62. The average Bonchev–Trinajstić information content (AvgIpc) is 2.49. The van der Waals surface area contributed by atoms with E-state index >= 15 is 0 Å².